The largest absolute Gasteiger partial charge is 0.354 e. The summed E-state index contributed by atoms with van der Waals surface area (Å²) in [5.74, 6) is -5.36. The molecular weight excluding hydrogens is 779 g/mol. The number of hydrogen-bond donors (Lipinski definition) is 3. The van der Waals surface area contributed by atoms with Crippen LogP contribution in [0.3, 0.4) is 0 Å². The summed E-state index contributed by atoms with van der Waals surface area (Å²) in [6.07, 6.45) is 1.72. The zero-order valence-electron chi connectivity index (χ0n) is 35.3. The second-order valence-corrected chi connectivity index (χ2v) is 16.4. The molecular formula is C44H56F2N6O8. The van der Waals surface area contributed by atoms with E-state index in [4.69, 9.17) is 4.84 Å². The molecule has 1 fully saturated rings. The minimum absolute atomic E-state index is 0.0357. The lowest BCUT2D eigenvalue weighted by atomic mass is 9.83. The van der Waals surface area contributed by atoms with Gasteiger partial charge in [0.1, 0.15) is 23.7 Å². The van der Waals surface area contributed by atoms with Crippen molar-refractivity contribution in [2.75, 3.05) is 13.1 Å². The minimum atomic E-state index is -0.989. The molecule has 1 aromatic heterocycles. The fourth-order valence-corrected chi connectivity index (χ4v) is 7.04. The average Bonchev–Trinajstić information content (AvgIpc) is 3.72. The van der Waals surface area contributed by atoms with E-state index in [1.165, 1.54) is 13.8 Å². The van der Waals surface area contributed by atoms with Crippen LogP contribution in [0.2, 0.25) is 0 Å². The molecule has 60 heavy (non-hydrogen) atoms. The van der Waals surface area contributed by atoms with E-state index in [0.29, 0.717) is 23.6 Å². The Hall–Kier alpha value is -5.93. The molecule has 2 heterocycles. The van der Waals surface area contributed by atoms with Crippen molar-refractivity contribution in [3.8, 4) is 11.1 Å². The molecule has 14 nitrogen and oxygen atoms in total. The summed E-state index contributed by atoms with van der Waals surface area (Å²) in [4.78, 5) is 94.3. The quantitative estimate of drug-likeness (QED) is 0.107. The first kappa shape index (κ1) is 46.8. The molecule has 3 N–H and O–H groups in total. The third-order valence-electron chi connectivity index (χ3n) is 10.1. The second kappa shape index (κ2) is 20.9. The van der Waals surface area contributed by atoms with Gasteiger partial charge in [-0.05, 0) is 60.9 Å². The number of carbonyl (C=O) groups is 7. The fourth-order valence-electron chi connectivity index (χ4n) is 7.04. The van der Waals surface area contributed by atoms with Crippen LogP contribution in [0, 0.1) is 23.0 Å². The molecule has 2 aromatic carbocycles. The number of benzene rings is 2. The van der Waals surface area contributed by atoms with Crippen molar-refractivity contribution in [2.24, 2.45) is 11.3 Å². The smallest absolute Gasteiger partial charge is 0.333 e. The van der Waals surface area contributed by atoms with Gasteiger partial charge in [-0.2, -0.15) is 0 Å². The van der Waals surface area contributed by atoms with Crippen LogP contribution >= 0.6 is 0 Å². The molecule has 16 heteroatoms. The van der Waals surface area contributed by atoms with Gasteiger partial charge in [0.2, 0.25) is 23.6 Å². The highest BCUT2D eigenvalue weighted by atomic mass is 19.1. The summed E-state index contributed by atoms with van der Waals surface area (Å²) in [5, 5.41) is 8.52. The molecule has 1 aliphatic rings. The van der Waals surface area contributed by atoms with Gasteiger partial charge in [0.25, 0.3) is 11.8 Å². The van der Waals surface area contributed by atoms with E-state index in [1.807, 2.05) is 55.7 Å². The van der Waals surface area contributed by atoms with Crippen LogP contribution in [0.1, 0.15) is 104 Å². The molecule has 6 amide bonds. The summed E-state index contributed by atoms with van der Waals surface area (Å²) in [7, 11) is 0. The standard InChI is InChI=1S/C44H56F2N6O8/c1-27(2)40(49-36(54)15-11-16-39(57)60-52-37(55)19-20-38(52)56)43(59)48-28(3)42(58)47-21-12-22-51(29(4)53)41(44(5,6)7)35-23-31(33-24-32(45)17-18-34(33)46)26-50(35)25-30-13-9-8-10-14-30/h8-10,13-14,17-18,23-24,26-28,40-41H,11-12,15-16,19-22,25H2,1-7H3,(H,47,58)(H,48,59)(H,49,54). The van der Waals surface area contributed by atoms with E-state index in [-0.39, 0.29) is 62.6 Å². The minimum Gasteiger partial charge on any atom is -0.354 e. The van der Waals surface area contributed by atoms with Crippen molar-refractivity contribution < 1.29 is 47.2 Å². The fraction of sp³-hybridized carbons (Fsp3) is 0.477. The van der Waals surface area contributed by atoms with E-state index < -0.39 is 70.7 Å². The van der Waals surface area contributed by atoms with Crippen molar-refractivity contribution in [1.29, 1.82) is 0 Å². The van der Waals surface area contributed by atoms with Crippen molar-refractivity contribution in [3.63, 3.8) is 0 Å². The third-order valence-corrected chi connectivity index (χ3v) is 10.1. The van der Waals surface area contributed by atoms with Crippen molar-refractivity contribution in [1.82, 2.24) is 30.5 Å². The summed E-state index contributed by atoms with van der Waals surface area (Å²) in [5.41, 5.74) is 1.74. The van der Waals surface area contributed by atoms with E-state index >= 15 is 4.39 Å². The first-order valence-corrected chi connectivity index (χ1v) is 20.2. The predicted molar refractivity (Wildman–Crippen MR) is 218 cm³/mol. The molecule has 1 aliphatic heterocycles. The highest BCUT2D eigenvalue weighted by Gasteiger charge is 2.37. The molecule has 324 valence electrons. The van der Waals surface area contributed by atoms with Gasteiger partial charge in [-0.15, -0.1) is 5.06 Å². The normalized spacial score (nSPS) is 14.4. The van der Waals surface area contributed by atoms with Crippen LogP contribution in [0.25, 0.3) is 11.1 Å². The Kier molecular flexibility index (Phi) is 16.2. The van der Waals surface area contributed by atoms with E-state index in [1.54, 1.807) is 31.0 Å². The number of amides is 6. The highest BCUT2D eigenvalue weighted by Crippen LogP contribution is 2.41. The van der Waals surface area contributed by atoms with Crippen LogP contribution in [-0.4, -0.2) is 81.1 Å². The Morgan fingerprint density at radius 2 is 1.53 bits per heavy atom. The van der Waals surface area contributed by atoms with Crippen LogP contribution in [0.15, 0.2) is 60.8 Å². The highest BCUT2D eigenvalue weighted by molar-refractivity contribution is 6.01. The van der Waals surface area contributed by atoms with Crippen LogP contribution in [-0.2, 0) is 44.9 Å². The molecule has 3 aromatic rings. The molecule has 4 rings (SSSR count). The Labute approximate surface area is 349 Å². The number of nitrogens with zero attached hydrogens (tertiary/aromatic N) is 3. The first-order chi connectivity index (χ1) is 28.3. The Balaban J connectivity index is 1.36. The number of hydroxylamine groups is 2. The van der Waals surface area contributed by atoms with Gasteiger partial charge >= 0.3 is 5.97 Å². The number of halogens is 2. The van der Waals surface area contributed by atoms with Crippen molar-refractivity contribution in [2.45, 2.75) is 112 Å². The van der Waals surface area contributed by atoms with E-state index in [2.05, 4.69) is 16.0 Å². The SMILES string of the molecule is CC(=O)N(CCCNC(=O)C(C)NC(=O)C(NC(=O)CCCC(=O)ON1C(=O)CCC1=O)C(C)C)C(c1cc(-c2cc(F)ccc2F)cn1Cc1ccccc1)C(C)(C)C. The molecule has 3 atom stereocenters. The lowest BCUT2D eigenvalue weighted by Crippen LogP contribution is -2.54. The van der Waals surface area contributed by atoms with Crippen LogP contribution in [0.4, 0.5) is 8.78 Å². The van der Waals surface area contributed by atoms with Gasteiger partial charge in [-0.1, -0.05) is 65.0 Å². The summed E-state index contributed by atoms with van der Waals surface area (Å²) in [6.45, 7) is 13.2. The van der Waals surface area contributed by atoms with Crippen molar-refractivity contribution >= 4 is 41.4 Å². The van der Waals surface area contributed by atoms with Crippen LogP contribution in [0.5, 0.6) is 0 Å². The maximum Gasteiger partial charge on any atom is 0.333 e. The van der Waals surface area contributed by atoms with Gasteiger partial charge in [0.05, 0.1) is 6.04 Å². The Morgan fingerprint density at radius 1 is 0.867 bits per heavy atom. The lowest BCUT2D eigenvalue weighted by Gasteiger charge is -2.40. The molecule has 1 saturated heterocycles. The third kappa shape index (κ3) is 12.8. The lowest BCUT2D eigenvalue weighted by molar-refractivity contribution is -0.197. The number of rotatable bonds is 19. The predicted octanol–water partition coefficient (Wildman–Crippen LogP) is 5.35. The summed E-state index contributed by atoms with van der Waals surface area (Å²) in [6, 6.07) is 12.3. The molecule has 0 bridgehead atoms. The second-order valence-electron chi connectivity index (χ2n) is 16.4. The molecule has 0 radical (unpaired) electrons. The monoisotopic (exact) mass is 834 g/mol. The average molecular weight is 835 g/mol. The van der Waals surface area contributed by atoms with E-state index in [9.17, 15) is 38.0 Å². The number of aromatic nitrogens is 1. The summed E-state index contributed by atoms with van der Waals surface area (Å²) < 4.78 is 31.3. The van der Waals surface area contributed by atoms with Gasteiger partial charge < -0.3 is 30.3 Å². The number of hydrogen-bond acceptors (Lipinski definition) is 8. The van der Waals surface area contributed by atoms with Gasteiger partial charge in [0.15, 0.2) is 0 Å². The number of imide groups is 1. The Morgan fingerprint density at radius 3 is 2.15 bits per heavy atom. The van der Waals surface area contributed by atoms with Gasteiger partial charge in [-0.25, -0.2) is 13.6 Å². The van der Waals surface area contributed by atoms with Gasteiger partial charge in [-0.3, -0.25) is 28.8 Å². The van der Waals surface area contributed by atoms with Crippen molar-refractivity contribution in [3.05, 3.63) is 83.7 Å². The molecule has 0 spiro atoms. The van der Waals surface area contributed by atoms with Crippen LogP contribution < -0.4 is 16.0 Å². The molecule has 0 aliphatic carbocycles. The Bertz CT molecular complexity index is 2030. The number of carbonyl (C=O) groups excluding carboxylic acids is 7. The first-order valence-electron chi connectivity index (χ1n) is 20.2. The summed E-state index contributed by atoms with van der Waals surface area (Å²) >= 11 is 0. The zero-order chi connectivity index (χ0) is 44.3. The van der Waals surface area contributed by atoms with Gasteiger partial charge in [0, 0.05) is 75.3 Å². The molecule has 0 saturated carbocycles. The zero-order valence-corrected chi connectivity index (χ0v) is 35.3. The topological polar surface area (TPSA) is 176 Å². The molecule has 3 unspecified atom stereocenters. The van der Waals surface area contributed by atoms with E-state index in [0.717, 1.165) is 29.5 Å². The maximum atomic E-state index is 15.1. The maximum absolute atomic E-state index is 15.1. The number of nitrogens with one attached hydrogen (secondary N) is 3.